The van der Waals surface area contributed by atoms with Crippen LogP contribution in [-0.4, -0.2) is 38.4 Å². The van der Waals surface area contributed by atoms with Crippen molar-refractivity contribution in [2.75, 3.05) is 12.4 Å². The number of sulfone groups is 1. The number of hydrogen-bond donors (Lipinski definition) is 1. The smallest absolute Gasteiger partial charge is 0.341 e. The first-order valence-corrected chi connectivity index (χ1v) is 9.09. The fourth-order valence-corrected chi connectivity index (χ4v) is 4.40. The zero-order valence-corrected chi connectivity index (χ0v) is 15.0. The molecule has 0 amide bonds. The first-order chi connectivity index (χ1) is 11.4. The van der Waals surface area contributed by atoms with Crippen LogP contribution in [0, 0.1) is 21.4 Å². The molecule has 0 unspecified atom stereocenters. The quantitative estimate of drug-likeness (QED) is 0.603. The van der Waals surface area contributed by atoms with Crippen LogP contribution in [0.25, 0.3) is 0 Å². The summed E-state index contributed by atoms with van der Waals surface area (Å²) in [4.78, 5) is 9.70. The van der Waals surface area contributed by atoms with Crippen LogP contribution in [0.15, 0.2) is 23.1 Å². The van der Waals surface area contributed by atoms with Gasteiger partial charge in [-0.3, -0.25) is 10.1 Å². The standard InChI is InChI=1S/C15H20F2N2O5S/c1-8-12(15(2,3)13(8)24-4)18-10-6-5-9(7-11(10)19(20)21)25(22,23)14(16)17/h5-8,12-14,18H,1-4H3/t8-,12+,13+/m0/s1. The summed E-state index contributed by atoms with van der Waals surface area (Å²) < 4.78 is 53.8. The van der Waals surface area contributed by atoms with Crippen LogP contribution in [0.2, 0.25) is 0 Å². The minimum Gasteiger partial charge on any atom is -0.380 e. The van der Waals surface area contributed by atoms with E-state index in [2.05, 4.69) is 5.32 Å². The highest BCUT2D eigenvalue weighted by molar-refractivity contribution is 7.91. The number of anilines is 1. The highest BCUT2D eigenvalue weighted by Crippen LogP contribution is 2.49. The zero-order chi connectivity index (χ0) is 19.2. The fourth-order valence-electron chi connectivity index (χ4n) is 3.66. The van der Waals surface area contributed by atoms with Crippen molar-refractivity contribution in [2.24, 2.45) is 11.3 Å². The van der Waals surface area contributed by atoms with Gasteiger partial charge >= 0.3 is 5.76 Å². The summed E-state index contributed by atoms with van der Waals surface area (Å²) in [6.07, 6.45) is -0.0393. The largest absolute Gasteiger partial charge is 0.380 e. The molecular weight excluding hydrogens is 358 g/mol. The lowest BCUT2D eigenvalue weighted by Crippen LogP contribution is -2.64. The number of benzene rings is 1. The molecule has 1 fully saturated rings. The SMILES string of the molecule is CO[C@@H]1[C@@H](C)[C@@H](Nc2ccc(S(=O)(=O)C(F)F)cc2[N+](=O)[O-])C1(C)C. The third kappa shape index (κ3) is 3.20. The van der Waals surface area contributed by atoms with E-state index >= 15 is 0 Å². The van der Waals surface area contributed by atoms with E-state index < -0.39 is 31.1 Å². The van der Waals surface area contributed by atoms with E-state index in [4.69, 9.17) is 4.74 Å². The highest BCUT2D eigenvalue weighted by Gasteiger charge is 2.55. The van der Waals surface area contributed by atoms with Crippen LogP contribution in [0.4, 0.5) is 20.2 Å². The number of hydrogen-bond acceptors (Lipinski definition) is 6. The maximum Gasteiger partial charge on any atom is 0.341 e. The summed E-state index contributed by atoms with van der Waals surface area (Å²) in [5.74, 6) is -3.58. The molecule has 3 atom stereocenters. The Labute approximate surface area is 144 Å². The van der Waals surface area contributed by atoms with Crippen molar-refractivity contribution in [3.8, 4) is 0 Å². The summed E-state index contributed by atoms with van der Waals surface area (Å²) in [5, 5.41) is 14.3. The number of nitro benzene ring substituents is 1. The third-order valence-corrected chi connectivity index (χ3v) is 6.21. The van der Waals surface area contributed by atoms with Crippen molar-refractivity contribution in [1.29, 1.82) is 0 Å². The second-order valence-electron chi connectivity index (χ2n) is 6.70. The van der Waals surface area contributed by atoms with E-state index in [-0.39, 0.29) is 29.2 Å². The van der Waals surface area contributed by atoms with Crippen molar-refractivity contribution in [1.82, 2.24) is 0 Å². The predicted octanol–water partition coefficient (Wildman–Crippen LogP) is 3.06. The molecule has 7 nitrogen and oxygen atoms in total. The molecule has 1 N–H and O–H groups in total. The molecule has 0 aliphatic heterocycles. The first kappa shape index (κ1) is 19.5. The van der Waals surface area contributed by atoms with E-state index in [0.717, 1.165) is 12.1 Å². The second kappa shape index (κ2) is 6.49. The highest BCUT2D eigenvalue weighted by atomic mass is 32.2. The summed E-state index contributed by atoms with van der Waals surface area (Å²) in [5.41, 5.74) is -0.793. The van der Waals surface area contributed by atoms with Crippen LogP contribution < -0.4 is 5.32 Å². The number of alkyl halides is 2. The summed E-state index contributed by atoms with van der Waals surface area (Å²) in [6.45, 7) is 5.82. The van der Waals surface area contributed by atoms with Gasteiger partial charge in [0, 0.05) is 30.6 Å². The molecule has 0 heterocycles. The Balaban J connectivity index is 2.39. The molecule has 0 radical (unpaired) electrons. The van der Waals surface area contributed by atoms with Gasteiger partial charge in [-0.1, -0.05) is 20.8 Å². The molecule has 0 bridgehead atoms. The Bertz CT molecular complexity index is 782. The Morgan fingerprint density at radius 3 is 2.40 bits per heavy atom. The molecule has 1 aliphatic rings. The molecule has 0 spiro atoms. The number of nitrogens with one attached hydrogen (secondary N) is 1. The molecular formula is C15H20F2N2O5S. The van der Waals surface area contributed by atoms with Gasteiger partial charge in [-0.2, -0.15) is 8.78 Å². The number of halogens is 2. The number of nitrogens with zero attached hydrogens (tertiary/aromatic N) is 1. The minimum atomic E-state index is -4.90. The van der Waals surface area contributed by atoms with E-state index in [1.807, 2.05) is 20.8 Å². The molecule has 0 aromatic heterocycles. The van der Waals surface area contributed by atoms with Gasteiger partial charge < -0.3 is 10.1 Å². The molecule has 1 aliphatic carbocycles. The van der Waals surface area contributed by atoms with Crippen molar-refractivity contribution in [3.05, 3.63) is 28.3 Å². The average Bonchev–Trinajstić information content (AvgIpc) is 2.52. The molecule has 140 valence electrons. The van der Waals surface area contributed by atoms with Crippen molar-refractivity contribution >= 4 is 21.2 Å². The Morgan fingerprint density at radius 1 is 1.36 bits per heavy atom. The molecule has 1 aromatic carbocycles. The van der Waals surface area contributed by atoms with Crippen molar-refractivity contribution in [3.63, 3.8) is 0 Å². The number of nitro groups is 1. The van der Waals surface area contributed by atoms with Gasteiger partial charge in [0.1, 0.15) is 5.69 Å². The van der Waals surface area contributed by atoms with Gasteiger partial charge in [-0.25, -0.2) is 8.42 Å². The molecule has 1 aromatic rings. The van der Waals surface area contributed by atoms with E-state index in [1.54, 1.807) is 7.11 Å². The summed E-state index contributed by atoms with van der Waals surface area (Å²) >= 11 is 0. The lowest BCUT2D eigenvalue weighted by atomic mass is 9.58. The second-order valence-corrected chi connectivity index (χ2v) is 8.62. The lowest BCUT2D eigenvalue weighted by molar-refractivity contribution is -0.384. The molecule has 2 rings (SSSR count). The van der Waals surface area contributed by atoms with Crippen LogP contribution in [0.3, 0.4) is 0 Å². The van der Waals surface area contributed by atoms with Gasteiger partial charge in [-0.15, -0.1) is 0 Å². The number of ether oxygens (including phenoxy) is 1. The van der Waals surface area contributed by atoms with E-state index in [0.29, 0.717) is 6.07 Å². The maximum atomic E-state index is 12.7. The van der Waals surface area contributed by atoms with Crippen LogP contribution in [0.5, 0.6) is 0 Å². The Morgan fingerprint density at radius 2 is 1.96 bits per heavy atom. The van der Waals surface area contributed by atoms with Gasteiger partial charge in [0.2, 0.25) is 9.84 Å². The molecule has 10 heteroatoms. The van der Waals surface area contributed by atoms with Crippen LogP contribution in [-0.2, 0) is 14.6 Å². The number of rotatable bonds is 6. The van der Waals surface area contributed by atoms with Crippen LogP contribution >= 0.6 is 0 Å². The van der Waals surface area contributed by atoms with Gasteiger partial charge in [0.05, 0.1) is 15.9 Å². The summed E-state index contributed by atoms with van der Waals surface area (Å²) in [6, 6.07) is 2.60. The zero-order valence-electron chi connectivity index (χ0n) is 14.2. The van der Waals surface area contributed by atoms with Crippen molar-refractivity contribution < 1.29 is 26.9 Å². The minimum absolute atomic E-state index is 0.0393. The van der Waals surface area contributed by atoms with Gasteiger partial charge in [0.15, 0.2) is 0 Å². The lowest BCUT2D eigenvalue weighted by Gasteiger charge is -2.56. The topological polar surface area (TPSA) is 98.5 Å². The Hall–Kier alpha value is -1.81. The third-order valence-electron chi connectivity index (χ3n) is 4.83. The first-order valence-electron chi connectivity index (χ1n) is 7.54. The normalized spacial score (nSPS) is 25.5. The van der Waals surface area contributed by atoms with Crippen molar-refractivity contribution in [2.45, 2.75) is 43.6 Å². The average molecular weight is 378 g/mol. The Kier molecular flexibility index (Phi) is 5.06. The molecule has 25 heavy (non-hydrogen) atoms. The molecule has 0 saturated heterocycles. The summed E-state index contributed by atoms with van der Waals surface area (Å²) in [7, 11) is -3.31. The monoisotopic (exact) mass is 378 g/mol. The van der Waals surface area contributed by atoms with Crippen LogP contribution in [0.1, 0.15) is 20.8 Å². The van der Waals surface area contributed by atoms with E-state index in [9.17, 15) is 27.3 Å². The van der Waals surface area contributed by atoms with Gasteiger partial charge in [0.25, 0.3) is 5.69 Å². The predicted molar refractivity (Wildman–Crippen MR) is 87.4 cm³/mol. The number of methoxy groups -OCH3 is 1. The fraction of sp³-hybridized carbons (Fsp3) is 0.600. The van der Waals surface area contributed by atoms with E-state index in [1.165, 1.54) is 0 Å². The maximum absolute atomic E-state index is 12.7. The molecule has 1 saturated carbocycles. The van der Waals surface area contributed by atoms with Gasteiger partial charge in [-0.05, 0) is 12.1 Å².